The highest BCUT2D eigenvalue weighted by molar-refractivity contribution is 6.07. The minimum absolute atomic E-state index is 0.0909. The molecule has 2 heteroatoms. The molecule has 0 atom stereocenters. The molecule has 0 aliphatic heterocycles. The molecule has 2 aliphatic carbocycles. The molecule has 4 aromatic rings. The molecule has 35 heavy (non-hydrogen) atoms. The van der Waals surface area contributed by atoms with E-state index in [9.17, 15) is 10.2 Å². The maximum Gasteiger partial charge on any atom is 0.123 e. The predicted molar refractivity (Wildman–Crippen MR) is 145 cm³/mol. The van der Waals surface area contributed by atoms with Crippen LogP contribution in [0.2, 0.25) is 0 Å². The van der Waals surface area contributed by atoms with Gasteiger partial charge in [0.2, 0.25) is 0 Å². The van der Waals surface area contributed by atoms with E-state index in [4.69, 9.17) is 0 Å². The van der Waals surface area contributed by atoms with Crippen LogP contribution < -0.4 is 0 Å². The second-order valence-corrected chi connectivity index (χ2v) is 12.6. The number of phenolic OH excluding ortho intramolecular Hbond substituents is 2. The van der Waals surface area contributed by atoms with E-state index >= 15 is 0 Å². The zero-order valence-corrected chi connectivity index (χ0v) is 21.4. The normalized spacial score (nSPS) is 19.0. The van der Waals surface area contributed by atoms with Crippen LogP contribution in [0.15, 0.2) is 66.7 Å². The van der Waals surface area contributed by atoms with Crippen LogP contribution in [0.4, 0.5) is 0 Å². The van der Waals surface area contributed by atoms with Crippen molar-refractivity contribution in [2.45, 2.75) is 59.3 Å². The van der Waals surface area contributed by atoms with Gasteiger partial charge < -0.3 is 10.2 Å². The van der Waals surface area contributed by atoms with Crippen LogP contribution in [0.1, 0.15) is 63.6 Å². The fourth-order valence-corrected chi connectivity index (χ4v) is 7.94. The highest BCUT2D eigenvalue weighted by Crippen LogP contribution is 2.64. The molecule has 2 N–H and O–H groups in total. The highest BCUT2D eigenvalue weighted by Gasteiger charge is 2.53. The Hall–Kier alpha value is -3.26. The Morgan fingerprint density at radius 1 is 0.657 bits per heavy atom. The lowest BCUT2D eigenvalue weighted by Crippen LogP contribution is -2.43. The summed E-state index contributed by atoms with van der Waals surface area (Å²) in [4.78, 5) is 0. The largest absolute Gasteiger partial charge is 0.508 e. The number of hydrogen-bond acceptors (Lipinski definition) is 2. The van der Waals surface area contributed by atoms with Gasteiger partial charge in [-0.1, -0.05) is 70.2 Å². The molecule has 6 rings (SSSR count). The number of aryl methyl sites for hydroxylation is 1. The van der Waals surface area contributed by atoms with Gasteiger partial charge in [-0.25, -0.2) is 0 Å². The lowest BCUT2D eigenvalue weighted by atomic mass is 9.52. The van der Waals surface area contributed by atoms with E-state index in [0.29, 0.717) is 5.75 Å². The van der Waals surface area contributed by atoms with Gasteiger partial charge in [0.05, 0.1) is 0 Å². The van der Waals surface area contributed by atoms with Crippen LogP contribution >= 0.6 is 0 Å². The molecule has 4 aromatic carbocycles. The zero-order chi connectivity index (χ0) is 24.8. The van der Waals surface area contributed by atoms with E-state index in [1.54, 1.807) is 12.1 Å². The summed E-state index contributed by atoms with van der Waals surface area (Å²) in [6, 6.07) is 22.7. The summed E-state index contributed by atoms with van der Waals surface area (Å²) >= 11 is 0. The molecule has 0 unspecified atom stereocenters. The average Bonchev–Trinajstić information content (AvgIpc) is 3.01. The van der Waals surface area contributed by atoms with Gasteiger partial charge in [-0.2, -0.15) is 0 Å². The molecule has 1 saturated carbocycles. The molecular formula is C33H34O2. The van der Waals surface area contributed by atoms with Crippen molar-refractivity contribution in [3.63, 3.8) is 0 Å². The van der Waals surface area contributed by atoms with Crippen molar-refractivity contribution in [2.24, 2.45) is 10.8 Å². The van der Waals surface area contributed by atoms with Crippen molar-refractivity contribution in [2.75, 3.05) is 0 Å². The number of rotatable bonds is 1. The number of hydrogen-bond donors (Lipinski definition) is 2. The standard InChI is InChI=1S/C33H34O2/c1-20-14-26-25(15-24(20)21-10-12-22(34)13-11-21)29(35)16-28-30(26)23-8-6-7-9-27(23)33(28)18-31(2,3)17-32(4,5)19-33/h6-16,34-35H,17-19H2,1-5H3. The molecule has 0 saturated heterocycles. The van der Waals surface area contributed by atoms with Gasteiger partial charge in [-0.05, 0) is 106 Å². The van der Waals surface area contributed by atoms with Gasteiger partial charge in [-0.15, -0.1) is 0 Å². The van der Waals surface area contributed by atoms with Gasteiger partial charge in [0.1, 0.15) is 11.5 Å². The molecule has 0 aromatic heterocycles. The average molecular weight is 463 g/mol. The van der Waals surface area contributed by atoms with Crippen molar-refractivity contribution in [1.82, 2.24) is 0 Å². The Bertz CT molecular complexity index is 1470. The minimum atomic E-state index is -0.0909. The minimum Gasteiger partial charge on any atom is -0.508 e. The van der Waals surface area contributed by atoms with Crippen LogP contribution in [0.3, 0.4) is 0 Å². The Labute approximate surface area is 208 Å². The summed E-state index contributed by atoms with van der Waals surface area (Å²) < 4.78 is 0. The van der Waals surface area contributed by atoms with Crippen LogP contribution in [0, 0.1) is 17.8 Å². The maximum absolute atomic E-state index is 11.5. The fourth-order valence-electron chi connectivity index (χ4n) is 7.94. The topological polar surface area (TPSA) is 40.5 Å². The van der Waals surface area contributed by atoms with E-state index < -0.39 is 0 Å². The third-order valence-corrected chi connectivity index (χ3v) is 8.38. The van der Waals surface area contributed by atoms with Crippen molar-refractivity contribution in [3.8, 4) is 33.8 Å². The fraction of sp³-hybridized carbons (Fsp3) is 0.333. The third kappa shape index (κ3) is 3.30. The summed E-state index contributed by atoms with van der Waals surface area (Å²) in [7, 11) is 0. The number of fused-ring (bicyclic) bond motifs is 7. The van der Waals surface area contributed by atoms with Gasteiger partial charge in [0.25, 0.3) is 0 Å². The summed E-state index contributed by atoms with van der Waals surface area (Å²) in [6.45, 7) is 11.8. The molecule has 1 fully saturated rings. The Kier molecular flexibility index (Phi) is 4.53. The monoisotopic (exact) mass is 462 g/mol. The zero-order valence-electron chi connectivity index (χ0n) is 21.4. The molecule has 1 spiro atoms. The summed E-state index contributed by atoms with van der Waals surface area (Å²) in [5.74, 6) is 0.611. The van der Waals surface area contributed by atoms with Crippen LogP contribution in [-0.4, -0.2) is 10.2 Å². The summed E-state index contributed by atoms with van der Waals surface area (Å²) in [5.41, 5.74) is 8.93. The van der Waals surface area contributed by atoms with Crippen molar-refractivity contribution in [1.29, 1.82) is 0 Å². The van der Waals surface area contributed by atoms with Gasteiger partial charge in [-0.3, -0.25) is 0 Å². The first-order valence-electron chi connectivity index (χ1n) is 12.7. The first kappa shape index (κ1) is 22.2. The quantitative estimate of drug-likeness (QED) is 0.297. The highest BCUT2D eigenvalue weighted by atomic mass is 16.3. The predicted octanol–water partition coefficient (Wildman–Crippen LogP) is 8.73. The first-order chi connectivity index (χ1) is 16.5. The summed E-state index contributed by atoms with van der Waals surface area (Å²) in [6.07, 6.45) is 3.37. The van der Waals surface area contributed by atoms with E-state index in [1.165, 1.54) is 34.2 Å². The van der Waals surface area contributed by atoms with E-state index in [2.05, 4.69) is 77.1 Å². The van der Waals surface area contributed by atoms with Crippen molar-refractivity contribution in [3.05, 3.63) is 83.4 Å². The Morgan fingerprint density at radius 3 is 2.00 bits per heavy atom. The second kappa shape index (κ2) is 7.13. The molecule has 0 radical (unpaired) electrons. The number of phenols is 2. The molecule has 2 aliphatic rings. The van der Waals surface area contributed by atoms with E-state index in [1.807, 2.05) is 12.1 Å². The van der Waals surface area contributed by atoms with Gasteiger partial charge in [0.15, 0.2) is 0 Å². The summed E-state index contributed by atoms with van der Waals surface area (Å²) in [5, 5.41) is 23.2. The second-order valence-electron chi connectivity index (χ2n) is 12.6. The van der Waals surface area contributed by atoms with Crippen LogP contribution in [0.25, 0.3) is 33.0 Å². The van der Waals surface area contributed by atoms with Gasteiger partial charge >= 0.3 is 0 Å². The molecular weight excluding hydrogens is 428 g/mol. The van der Waals surface area contributed by atoms with Gasteiger partial charge in [0, 0.05) is 10.8 Å². The maximum atomic E-state index is 11.5. The Morgan fingerprint density at radius 2 is 1.31 bits per heavy atom. The SMILES string of the molecule is Cc1cc2c3c(cc(O)c2cc1-c1ccc(O)cc1)C1(CC(C)(C)CC(C)(C)C1)c1ccccc1-3. The Balaban J connectivity index is 1.66. The molecule has 178 valence electrons. The lowest BCUT2D eigenvalue weighted by Gasteiger charge is -2.51. The van der Waals surface area contributed by atoms with Crippen molar-refractivity contribution >= 4 is 10.8 Å². The molecule has 0 bridgehead atoms. The van der Waals surface area contributed by atoms with E-state index in [0.717, 1.165) is 34.7 Å². The van der Waals surface area contributed by atoms with Crippen molar-refractivity contribution < 1.29 is 10.2 Å². The molecule has 0 heterocycles. The van der Waals surface area contributed by atoms with E-state index in [-0.39, 0.29) is 22.0 Å². The number of benzene rings is 4. The smallest absolute Gasteiger partial charge is 0.123 e. The third-order valence-electron chi connectivity index (χ3n) is 8.38. The van der Waals surface area contributed by atoms with Crippen LogP contribution in [-0.2, 0) is 5.41 Å². The number of aromatic hydroxyl groups is 2. The lowest BCUT2D eigenvalue weighted by molar-refractivity contribution is 0.0645. The molecule has 0 amide bonds. The van der Waals surface area contributed by atoms with Crippen LogP contribution in [0.5, 0.6) is 11.5 Å². The first-order valence-corrected chi connectivity index (χ1v) is 12.7. The molecule has 2 nitrogen and oxygen atoms in total.